The molecule has 0 bridgehead atoms. The first kappa shape index (κ1) is 20.1. The summed E-state index contributed by atoms with van der Waals surface area (Å²) in [6, 6.07) is 12.2. The van der Waals surface area contributed by atoms with Crippen LogP contribution in [0.15, 0.2) is 54.9 Å². The topological polar surface area (TPSA) is 75.9 Å². The van der Waals surface area contributed by atoms with Gasteiger partial charge < -0.3 is 10.2 Å². The number of aromatic nitrogens is 4. The number of carbonyl (C=O) groups is 1. The van der Waals surface area contributed by atoms with Crippen molar-refractivity contribution in [3.05, 3.63) is 66.5 Å². The number of hydrogen-bond acceptors (Lipinski definition) is 5. The van der Waals surface area contributed by atoms with E-state index in [-0.39, 0.29) is 17.2 Å². The highest BCUT2D eigenvalue weighted by Crippen LogP contribution is 2.33. The van der Waals surface area contributed by atoms with Gasteiger partial charge in [0.15, 0.2) is 0 Å². The molecule has 3 aromatic heterocycles. The van der Waals surface area contributed by atoms with Crippen molar-refractivity contribution in [2.75, 3.05) is 23.3 Å². The molecule has 0 atom stereocenters. The van der Waals surface area contributed by atoms with Crippen molar-refractivity contribution in [3.63, 3.8) is 0 Å². The van der Waals surface area contributed by atoms with Gasteiger partial charge in [0, 0.05) is 37.9 Å². The molecule has 0 unspecified atom stereocenters. The van der Waals surface area contributed by atoms with Crippen LogP contribution in [0.25, 0.3) is 22.2 Å². The van der Waals surface area contributed by atoms with E-state index in [9.17, 15) is 9.18 Å². The first-order valence-electron chi connectivity index (χ1n) is 10.7. The van der Waals surface area contributed by atoms with Gasteiger partial charge in [-0.3, -0.25) is 9.48 Å². The molecule has 7 nitrogen and oxygen atoms in total. The lowest BCUT2D eigenvalue weighted by Gasteiger charge is -2.30. The van der Waals surface area contributed by atoms with Crippen molar-refractivity contribution >= 4 is 28.2 Å². The van der Waals surface area contributed by atoms with Gasteiger partial charge in [-0.15, -0.1) is 0 Å². The quantitative estimate of drug-likeness (QED) is 0.486. The summed E-state index contributed by atoms with van der Waals surface area (Å²) in [6.45, 7) is 1.88. The highest BCUT2D eigenvalue weighted by molar-refractivity contribution is 6.06. The second-order valence-electron chi connectivity index (χ2n) is 7.98. The minimum absolute atomic E-state index is 0.210. The Kier molecular flexibility index (Phi) is 5.26. The van der Waals surface area contributed by atoms with E-state index in [4.69, 9.17) is 0 Å². The van der Waals surface area contributed by atoms with Gasteiger partial charge in [0.25, 0.3) is 5.91 Å². The Morgan fingerprint density at radius 2 is 1.94 bits per heavy atom. The zero-order chi connectivity index (χ0) is 22.1. The molecule has 0 aliphatic carbocycles. The number of halogens is 1. The van der Waals surface area contributed by atoms with Gasteiger partial charge >= 0.3 is 0 Å². The summed E-state index contributed by atoms with van der Waals surface area (Å²) < 4.78 is 15.9. The molecular formula is C24H23FN6O. The Hall–Kier alpha value is -3.81. The number of rotatable bonds is 4. The van der Waals surface area contributed by atoms with Crippen LogP contribution in [0, 0.1) is 5.95 Å². The van der Waals surface area contributed by atoms with E-state index in [0.717, 1.165) is 48.2 Å². The molecule has 4 aromatic rings. The highest BCUT2D eigenvalue weighted by atomic mass is 19.1. The smallest absolute Gasteiger partial charge is 0.274 e. The maximum Gasteiger partial charge on any atom is 0.274 e. The molecule has 4 heterocycles. The number of piperidine rings is 1. The highest BCUT2D eigenvalue weighted by Gasteiger charge is 2.19. The van der Waals surface area contributed by atoms with Crippen molar-refractivity contribution in [3.8, 4) is 11.3 Å². The number of anilines is 2. The zero-order valence-corrected chi connectivity index (χ0v) is 17.8. The van der Waals surface area contributed by atoms with Gasteiger partial charge in [0.1, 0.15) is 5.69 Å². The van der Waals surface area contributed by atoms with Crippen LogP contribution in [0.1, 0.15) is 29.8 Å². The van der Waals surface area contributed by atoms with E-state index >= 15 is 0 Å². The molecule has 1 aliphatic heterocycles. The Morgan fingerprint density at radius 3 is 2.75 bits per heavy atom. The maximum absolute atomic E-state index is 14.1. The SMILES string of the molecule is Cn1cc2cc(NC(=O)c3cccc(-c4cccnc4F)n3)c(N3CCCCC3)cc2n1. The molecule has 1 aliphatic rings. The van der Waals surface area contributed by atoms with Crippen molar-refractivity contribution in [2.45, 2.75) is 19.3 Å². The van der Waals surface area contributed by atoms with E-state index in [1.807, 2.05) is 25.4 Å². The standard InChI is InChI=1S/C24H23FN6O/c1-30-15-16-13-21(22(14-20(16)29-30)31-11-3-2-4-12-31)28-24(32)19-9-5-8-18(27-19)17-7-6-10-26-23(17)25/h5-10,13-15H,2-4,11-12H2,1H3,(H,28,32). The number of amides is 1. The lowest BCUT2D eigenvalue weighted by molar-refractivity contribution is 0.102. The minimum atomic E-state index is -0.619. The molecule has 0 spiro atoms. The van der Waals surface area contributed by atoms with Crippen molar-refractivity contribution in [1.29, 1.82) is 0 Å². The van der Waals surface area contributed by atoms with E-state index in [2.05, 4.69) is 25.3 Å². The van der Waals surface area contributed by atoms with E-state index in [1.165, 1.54) is 12.6 Å². The third-order valence-corrected chi connectivity index (χ3v) is 5.70. The summed E-state index contributed by atoms with van der Waals surface area (Å²) in [5, 5.41) is 8.50. The third kappa shape index (κ3) is 3.91. The fourth-order valence-corrected chi connectivity index (χ4v) is 4.16. The summed E-state index contributed by atoms with van der Waals surface area (Å²) in [7, 11) is 1.88. The van der Waals surface area contributed by atoms with Gasteiger partial charge in [-0.25, -0.2) is 9.97 Å². The van der Waals surface area contributed by atoms with Crippen molar-refractivity contribution in [2.24, 2.45) is 7.05 Å². The Labute approximate surface area is 184 Å². The number of hydrogen-bond donors (Lipinski definition) is 1. The molecule has 1 N–H and O–H groups in total. The fourth-order valence-electron chi connectivity index (χ4n) is 4.16. The molecule has 8 heteroatoms. The summed E-state index contributed by atoms with van der Waals surface area (Å²) in [6.07, 6.45) is 6.76. The predicted octanol–water partition coefficient (Wildman–Crippen LogP) is 4.41. The zero-order valence-electron chi connectivity index (χ0n) is 17.8. The van der Waals surface area contributed by atoms with Gasteiger partial charge in [-0.2, -0.15) is 9.49 Å². The van der Waals surface area contributed by atoms with Crippen LogP contribution in [0.4, 0.5) is 15.8 Å². The van der Waals surface area contributed by atoms with Crippen LogP contribution in [-0.4, -0.2) is 38.7 Å². The molecule has 1 fully saturated rings. The molecule has 0 saturated carbocycles. The number of fused-ring (bicyclic) bond motifs is 1. The van der Waals surface area contributed by atoms with Crippen LogP contribution in [0.5, 0.6) is 0 Å². The predicted molar refractivity (Wildman–Crippen MR) is 122 cm³/mol. The molecule has 5 rings (SSSR count). The van der Waals surface area contributed by atoms with Crippen LogP contribution in [0.2, 0.25) is 0 Å². The van der Waals surface area contributed by atoms with Gasteiger partial charge in [-0.1, -0.05) is 6.07 Å². The number of pyridine rings is 2. The monoisotopic (exact) mass is 430 g/mol. The summed E-state index contributed by atoms with van der Waals surface area (Å²) in [5.74, 6) is -0.968. The van der Waals surface area contributed by atoms with Gasteiger partial charge in [0.2, 0.25) is 5.95 Å². The average molecular weight is 430 g/mol. The second kappa shape index (κ2) is 8.37. The maximum atomic E-state index is 14.1. The first-order valence-corrected chi connectivity index (χ1v) is 10.7. The summed E-state index contributed by atoms with van der Waals surface area (Å²) >= 11 is 0. The normalized spacial score (nSPS) is 14.0. The first-order chi connectivity index (χ1) is 15.6. The third-order valence-electron chi connectivity index (χ3n) is 5.70. The lowest BCUT2D eigenvalue weighted by atomic mass is 10.1. The number of nitrogens with zero attached hydrogens (tertiary/aromatic N) is 5. The van der Waals surface area contributed by atoms with Crippen LogP contribution >= 0.6 is 0 Å². The molecule has 32 heavy (non-hydrogen) atoms. The number of carbonyl (C=O) groups excluding carboxylic acids is 1. The Morgan fingerprint density at radius 1 is 1.09 bits per heavy atom. The minimum Gasteiger partial charge on any atom is -0.370 e. The average Bonchev–Trinajstić information content (AvgIpc) is 3.18. The number of nitrogens with one attached hydrogen (secondary N) is 1. The molecule has 1 amide bonds. The summed E-state index contributed by atoms with van der Waals surface area (Å²) in [5.41, 5.74) is 3.39. The van der Waals surface area contributed by atoms with Gasteiger partial charge in [-0.05, 0) is 55.7 Å². The molecule has 0 radical (unpaired) electrons. The molecule has 162 valence electrons. The van der Waals surface area contributed by atoms with Crippen molar-refractivity contribution < 1.29 is 9.18 Å². The van der Waals surface area contributed by atoms with E-state index in [0.29, 0.717) is 5.69 Å². The summed E-state index contributed by atoms with van der Waals surface area (Å²) in [4.78, 5) is 23.5. The molecule has 1 aromatic carbocycles. The number of aryl methyl sites for hydroxylation is 1. The molecular weight excluding hydrogens is 407 g/mol. The van der Waals surface area contributed by atoms with E-state index < -0.39 is 5.95 Å². The van der Waals surface area contributed by atoms with Crippen LogP contribution in [0.3, 0.4) is 0 Å². The number of benzene rings is 1. The van der Waals surface area contributed by atoms with Crippen LogP contribution < -0.4 is 10.2 Å². The van der Waals surface area contributed by atoms with Gasteiger partial charge in [0.05, 0.1) is 28.1 Å². The Bertz CT molecular complexity index is 1290. The lowest BCUT2D eigenvalue weighted by Crippen LogP contribution is -2.30. The second-order valence-corrected chi connectivity index (χ2v) is 7.98. The fraction of sp³-hybridized carbons (Fsp3) is 0.250. The van der Waals surface area contributed by atoms with Crippen molar-refractivity contribution in [1.82, 2.24) is 19.7 Å². The van der Waals surface area contributed by atoms with E-state index in [1.54, 1.807) is 35.0 Å². The van der Waals surface area contributed by atoms with Crippen LogP contribution in [-0.2, 0) is 7.05 Å². The largest absolute Gasteiger partial charge is 0.370 e. The molecule has 1 saturated heterocycles. The Balaban J connectivity index is 1.49.